The van der Waals surface area contributed by atoms with Gasteiger partial charge in [0.15, 0.2) is 0 Å². The molecule has 2 aliphatic rings. The number of carbonyl (C=O) groups excluding carboxylic acids is 3. The Hall–Kier alpha value is -1.89. The van der Waals surface area contributed by atoms with Gasteiger partial charge in [0.25, 0.3) is 11.7 Å². The maximum atomic E-state index is 12.1. The number of alkyl carbamates (subject to hydrolysis) is 1. The highest BCUT2D eigenvalue weighted by molar-refractivity contribution is 9.10. The Morgan fingerprint density at radius 2 is 2.15 bits per heavy atom. The number of amides is 2. The van der Waals surface area contributed by atoms with E-state index in [2.05, 4.69) is 21.2 Å². The molecule has 1 atom stereocenters. The van der Waals surface area contributed by atoms with Crippen LogP contribution in [0, 0.1) is 6.92 Å². The third kappa shape index (κ3) is 1.98. The molecule has 1 saturated heterocycles. The minimum atomic E-state index is -0.579. The molecule has 0 saturated carbocycles. The van der Waals surface area contributed by atoms with Gasteiger partial charge in [-0.3, -0.25) is 9.59 Å². The summed E-state index contributed by atoms with van der Waals surface area (Å²) in [4.78, 5) is 36.5. The lowest BCUT2D eigenvalue weighted by Gasteiger charge is -2.21. The topological polar surface area (TPSA) is 75.7 Å². The minimum absolute atomic E-state index is 0.179. The highest BCUT2D eigenvalue weighted by atomic mass is 79.9. The largest absolute Gasteiger partial charge is 0.442 e. The van der Waals surface area contributed by atoms with Gasteiger partial charge in [0.05, 0.1) is 24.3 Å². The Balaban J connectivity index is 1.96. The summed E-state index contributed by atoms with van der Waals surface area (Å²) in [6, 6.07) is 3.48. The van der Waals surface area contributed by atoms with Crippen LogP contribution in [0.4, 0.5) is 10.5 Å². The number of carbonyl (C=O) groups is 3. The summed E-state index contributed by atoms with van der Waals surface area (Å²) < 4.78 is 5.78. The summed E-state index contributed by atoms with van der Waals surface area (Å²) in [7, 11) is 0. The number of aryl methyl sites for hydroxylation is 1. The fourth-order valence-electron chi connectivity index (χ4n) is 2.52. The average Bonchev–Trinajstić information content (AvgIpc) is 2.88. The molecule has 6 nitrogen and oxygen atoms in total. The highest BCUT2D eigenvalue weighted by Crippen LogP contribution is 2.35. The van der Waals surface area contributed by atoms with E-state index in [1.54, 1.807) is 6.07 Å². The Morgan fingerprint density at radius 3 is 2.80 bits per heavy atom. The van der Waals surface area contributed by atoms with Gasteiger partial charge >= 0.3 is 6.09 Å². The van der Waals surface area contributed by atoms with Crippen LogP contribution in [-0.4, -0.2) is 37.0 Å². The van der Waals surface area contributed by atoms with E-state index in [-0.39, 0.29) is 6.54 Å². The molecule has 0 bridgehead atoms. The van der Waals surface area contributed by atoms with Crippen molar-refractivity contribution in [3.8, 4) is 0 Å². The molecule has 1 unspecified atom stereocenters. The van der Waals surface area contributed by atoms with Gasteiger partial charge in [-0.1, -0.05) is 15.9 Å². The van der Waals surface area contributed by atoms with Crippen molar-refractivity contribution in [3.63, 3.8) is 0 Å². The first-order valence-corrected chi connectivity index (χ1v) is 6.87. The molecule has 0 aliphatic carbocycles. The number of nitrogens with zero attached hydrogens (tertiary/aromatic N) is 1. The molecule has 7 heteroatoms. The molecular formula is C13H11BrN2O4. The van der Waals surface area contributed by atoms with E-state index >= 15 is 0 Å². The standard InChI is InChI=1S/C13H11BrN2O4/c1-6-2-7(14)3-9-10(6)16(12(18)11(9)17)5-8-4-15-13(19)20-8/h2-3,8H,4-5H2,1H3,(H,15,19). The lowest BCUT2D eigenvalue weighted by molar-refractivity contribution is -0.114. The number of hydrogen-bond acceptors (Lipinski definition) is 4. The van der Waals surface area contributed by atoms with Crippen molar-refractivity contribution in [1.29, 1.82) is 0 Å². The number of ether oxygens (including phenoxy) is 1. The van der Waals surface area contributed by atoms with Crippen LogP contribution in [0.3, 0.4) is 0 Å². The van der Waals surface area contributed by atoms with E-state index in [0.29, 0.717) is 17.8 Å². The van der Waals surface area contributed by atoms with Crippen LogP contribution in [-0.2, 0) is 9.53 Å². The smallest absolute Gasteiger partial charge is 0.407 e. The number of fused-ring (bicyclic) bond motifs is 1. The third-order valence-electron chi connectivity index (χ3n) is 3.35. The zero-order valence-electron chi connectivity index (χ0n) is 10.6. The van der Waals surface area contributed by atoms with Crippen molar-refractivity contribution >= 4 is 39.4 Å². The fourth-order valence-corrected chi connectivity index (χ4v) is 3.09. The van der Waals surface area contributed by atoms with Gasteiger partial charge in [0.2, 0.25) is 0 Å². The normalized spacial score (nSPS) is 21.0. The predicted octanol–water partition coefficient (Wildman–Crippen LogP) is 1.40. The van der Waals surface area contributed by atoms with Gasteiger partial charge in [0, 0.05) is 4.47 Å². The monoisotopic (exact) mass is 338 g/mol. The molecule has 20 heavy (non-hydrogen) atoms. The fraction of sp³-hybridized carbons (Fsp3) is 0.308. The molecule has 2 amide bonds. The van der Waals surface area contributed by atoms with Crippen molar-refractivity contribution in [3.05, 3.63) is 27.7 Å². The first-order valence-electron chi connectivity index (χ1n) is 6.08. The summed E-state index contributed by atoms with van der Waals surface area (Å²) >= 11 is 3.32. The summed E-state index contributed by atoms with van der Waals surface area (Å²) in [6.45, 7) is 2.35. The number of anilines is 1. The second-order valence-corrected chi connectivity index (χ2v) is 5.69. The van der Waals surface area contributed by atoms with Crippen molar-refractivity contribution in [2.24, 2.45) is 0 Å². The lowest BCUT2D eigenvalue weighted by atomic mass is 10.1. The number of benzene rings is 1. The number of rotatable bonds is 2. The Bertz CT molecular complexity index is 644. The Labute approximate surface area is 123 Å². The van der Waals surface area contributed by atoms with Crippen molar-refractivity contribution < 1.29 is 19.1 Å². The maximum Gasteiger partial charge on any atom is 0.407 e. The molecule has 2 aliphatic heterocycles. The van der Waals surface area contributed by atoms with Gasteiger partial charge in [-0.05, 0) is 24.6 Å². The quantitative estimate of drug-likeness (QED) is 0.827. The lowest BCUT2D eigenvalue weighted by Crippen LogP contribution is -2.38. The Morgan fingerprint density at radius 1 is 1.40 bits per heavy atom. The number of cyclic esters (lactones) is 1. The minimum Gasteiger partial charge on any atom is -0.442 e. The molecule has 3 rings (SSSR count). The number of halogens is 1. The third-order valence-corrected chi connectivity index (χ3v) is 3.81. The van der Waals surface area contributed by atoms with Crippen molar-refractivity contribution in [2.75, 3.05) is 18.0 Å². The molecule has 104 valence electrons. The number of ketones is 1. The van der Waals surface area contributed by atoms with Gasteiger partial charge in [0.1, 0.15) is 6.10 Å². The van der Waals surface area contributed by atoms with Crippen LogP contribution in [0.1, 0.15) is 15.9 Å². The first-order chi connectivity index (χ1) is 9.47. The van der Waals surface area contributed by atoms with Crippen LogP contribution < -0.4 is 10.2 Å². The van der Waals surface area contributed by atoms with Crippen LogP contribution in [0.15, 0.2) is 16.6 Å². The van der Waals surface area contributed by atoms with E-state index in [0.717, 1.165) is 10.0 Å². The highest BCUT2D eigenvalue weighted by Gasteiger charge is 2.39. The summed E-state index contributed by atoms with van der Waals surface area (Å²) in [6.07, 6.45) is -0.936. The van der Waals surface area contributed by atoms with Crippen LogP contribution in [0.25, 0.3) is 0 Å². The molecule has 0 radical (unpaired) electrons. The molecule has 1 N–H and O–H groups in total. The molecule has 1 fully saturated rings. The van der Waals surface area contributed by atoms with Gasteiger partial charge < -0.3 is 15.0 Å². The van der Waals surface area contributed by atoms with Crippen LogP contribution >= 0.6 is 15.9 Å². The maximum absolute atomic E-state index is 12.1. The van der Waals surface area contributed by atoms with E-state index < -0.39 is 23.9 Å². The average molecular weight is 339 g/mol. The van der Waals surface area contributed by atoms with Crippen LogP contribution in [0.2, 0.25) is 0 Å². The second kappa shape index (κ2) is 4.59. The van der Waals surface area contributed by atoms with E-state index in [1.807, 2.05) is 13.0 Å². The predicted molar refractivity (Wildman–Crippen MR) is 73.8 cm³/mol. The summed E-state index contributed by atoms with van der Waals surface area (Å²) in [5.74, 6) is -1.11. The molecule has 0 aromatic heterocycles. The summed E-state index contributed by atoms with van der Waals surface area (Å²) in [5.41, 5.74) is 1.82. The van der Waals surface area contributed by atoms with Crippen LogP contribution in [0.5, 0.6) is 0 Å². The number of Topliss-reactive ketones (excluding diaryl/α,β-unsaturated/α-hetero) is 1. The van der Waals surface area contributed by atoms with E-state index in [1.165, 1.54) is 4.90 Å². The Kier molecular flexibility index (Phi) is 3.01. The zero-order valence-corrected chi connectivity index (χ0v) is 12.2. The first kappa shape index (κ1) is 13.1. The molecule has 1 aromatic carbocycles. The van der Waals surface area contributed by atoms with Gasteiger partial charge in [-0.15, -0.1) is 0 Å². The number of hydrogen-bond donors (Lipinski definition) is 1. The molecule has 0 spiro atoms. The van der Waals surface area contributed by atoms with E-state index in [9.17, 15) is 14.4 Å². The second-order valence-electron chi connectivity index (χ2n) is 4.77. The molecule has 1 aromatic rings. The zero-order chi connectivity index (χ0) is 14.4. The van der Waals surface area contributed by atoms with Gasteiger partial charge in [-0.2, -0.15) is 0 Å². The molecule has 2 heterocycles. The van der Waals surface area contributed by atoms with Crippen molar-refractivity contribution in [1.82, 2.24) is 5.32 Å². The van der Waals surface area contributed by atoms with Crippen molar-refractivity contribution in [2.45, 2.75) is 13.0 Å². The summed E-state index contributed by atoms with van der Waals surface area (Å²) in [5, 5.41) is 2.53. The SMILES string of the molecule is Cc1cc(Br)cc2c1N(CC1CNC(=O)O1)C(=O)C2=O. The van der Waals surface area contributed by atoms with Gasteiger partial charge in [-0.25, -0.2) is 4.79 Å². The molecular weight excluding hydrogens is 328 g/mol. The number of nitrogens with one attached hydrogen (secondary N) is 1. The van der Waals surface area contributed by atoms with E-state index in [4.69, 9.17) is 4.74 Å².